The van der Waals surface area contributed by atoms with Crippen LogP contribution in [0.4, 0.5) is 5.69 Å². The van der Waals surface area contributed by atoms with E-state index in [0.29, 0.717) is 31.3 Å². The van der Waals surface area contributed by atoms with Crippen molar-refractivity contribution in [3.05, 3.63) is 61.5 Å². The number of halogens is 4. The van der Waals surface area contributed by atoms with Gasteiger partial charge in [0.15, 0.2) is 0 Å². The molecule has 104 valence electrons. The SMILES string of the molecule is Cc1ccc(C(=O)Nc2cc(Cl)c(Cl)cc2Cl)c(Cl)c1. The molecule has 2 rings (SSSR count). The number of nitrogens with one attached hydrogen (secondary N) is 1. The Morgan fingerprint density at radius 1 is 0.900 bits per heavy atom. The van der Waals surface area contributed by atoms with Gasteiger partial charge in [0.05, 0.1) is 31.3 Å². The normalized spacial score (nSPS) is 10.4. The Hall–Kier alpha value is -0.930. The second-order valence-corrected chi connectivity index (χ2v) is 5.81. The summed E-state index contributed by atoms with van der Waals surface area (Å²) in [5, 5.41) is 3.96. The molecule has 0 fully saturated rings. The molecule has 2 aromatic rings. The summed E-state index contributed by atoms with van der Waals surface area (Å²) in [6, 6.07) is 8.13. The van der Waals surface area contributed by atoms with Crippen LogP contribution in [0.3, 0.4) is 0 Å². The monoisotopic (exact) mass is 347 g/mol. The molecule has 0 aliphatic rings. The molecule has 1 N–H and O–H groups in total. The highest BCUT2D eigenvalue weighted by atomic mass is 35.5. The van der Waals surface area contributed by atoms with E-state index >= 15 is 0 Å². The van der Waals surface area contributed by atoms with E-state index in [-0.39, 0.29) is 5.91 Å². The maximum absolute atomic E-state index is 12.2. The zero-order chi connectivity index (χ0) is 14.9. The fourth-order valence-electron chi connectivity index (χ4n) is 1.61. The molecular formula is C14H9Cl4NO. The molecule has 0 heterocycles. The van der Waals surface area contributed by atoms with Crippen LogP contribution in [0, 0.1) is 6.92 Å². The van der Waals surface area contributed by atoms with Gasteiger partial charge in [0.1, 0.15) is 0 Å². The van der Waals surface area contributed by atoms with E-state index in [0.717, 1.165) is 5.56 Å². The summed E-state index contributed by atoms with van der Waals surface area (Å²) >= 11 is 23.8. The lowest BCUT2D eigenvalue weighted by Crippen LogP contribution is -2.13. The van der Waals surface area contributed by atoms with E-state index in [9.17, 15) is 4.79 Å². The number of aryl methyl sites for hydroxylation is 1. The summed E-state index contributed by atoms with van der Waals surface area (Å²) in [4.78, 5) is 12.2. The van der Waals surface area contributed by atoms with Gasteiger partial charge in [-0.25, -0.2) is 0 Å². The Bertz CT molecular complexity index is 685. The number of benzene rings is 2. The molecule has 0 saturated carbocycles. The minimum Gasteiger partial charge on any atom is -0.321 e. The van der Waals surface area contributed by atoms with Crippen molar-refractivity contribution in [1.82, 2.24) is 0 Å². The molecule has 0 bridgehead atoms. The Labute approximate surface area is 136 Å². The molecule has 0 aromatic heterocycles. The van der Waals surface area contributed by atoms with Crippen molar-refractivity contribution < 1.29 is 4.79 Å². The second-order valence-electron chi connectivity index (χ2n) is 4.18. The molecule has 1 amide bonds. The Morgan fingerprint density at radius 2 is 1.55 bits per heavy atom. The van der Waals surface area contributed by atoms with Crippen LogP contribution < -0.4 is 5.32 Å². The van der Waals surface area contributed by atoms with Crippen molar-refractivity contribution in [1.29, 1.82) is 0 Å². The van der Waals surface area contributed by atoms with E-state index in [1.165, 1.54) is 12.1 Å². The van der Waals surface area contributed by atoms with Crippen molar-refractivity contribution in [3.8, 4) is 0 Å². The third-order valence-electron chi connectivity index (χ3n) is 2.63. The minimum atomic E-state index is -0.365. The standard InChI is InChI=1S/C14H9Cl4NO/c1-7-2-3-8(9(15)4-7)14(20)19-13-6-11(17)10(16)5-12(13)18/h2-6H,1H3,(H,19,20). The summed E-state index contributed by atoms with van der Waals surface area (Å²) < 4.78 is 0. The number of amides is 1. The van der Waals surface area contributed by atoms with Gasteiger partial charge in [0.2, 0.25) is 0 Å². The first-order valence-electron chi connectivity index (χ1n) is 5.60. The predicted octanol–water partition coefficient (Wildman–Crippen LogP) is 5.86. The second kappa shape index (κ2) is 6.23. The Balaban J connectivity index is 2.30. The maximum Gasteiger partial charge on any atom is 0.257 e. The first-order valence-corrected chi connectivity index (χ1v) is 7.11. The van der Waals surface area contributed by atoms with E-state index in [1.807, 2.05) is 6.92 Å². The molecule has 0 aliphatic heterocycles. The van der Waals surface area contributed by atoms with Gasteiger partial charge in [-0.05, 0) is 36.8 Å². The maximum atomic E-state index is 12.2. The number of carbonyl (C=O) groups excluding carboxylic acids is 1. The molecule has 0 aliphatic carbocycles. The van der Waals surface area contributed by atoms with Gasteiger partial charge in [0.25, 0.3) is 5.91 Å². The van der Waals surface area contributed by atoms with Crippen molar-refractivity contribution >= 4 is 58.0 Å². The third kappa shape index (κ3) is 3.39. The average molecular weight is 349 g/mol. The first-order chi connectivity index (χ1) is 9.38. The Morgan fingerprint density at radius 3 is 2.20 bits per heavy atom. The molecule has 0 atom stereocenters. The van der Waals surface area contributed by atoms with Crippen LogP contribution >= 0.6 is 46.4 Å². The molecule has 2 aromatic carbocycles. The van der Waals surface area contributed by atoms with Gasteiger partial charge in [-0.2, -0.15) is 0 Å². The minimum absolute atomic E-state index is 0.302. The van der Waals surface area contributed by atoms with Crippen LogP contribution in [0.2, 0.25) is 20.1 Å². The predicted molar refractivity (Wildman–Crippen MR) is 85.6 cm³/mol. The highest BCUT2D eigenvalue weighted by Crippen LogP contribution is 2.32. The lowest BCUT2D eigenvalue weighted by molar-refractivity contribution is 0.102. The smallest absolute Gasteiger partial charge is 0.257 e. The number of carbonyl (C=O) groups is 1. The lowest BCUT2D eigenvalue weighted by Gasteiger charge is -2.10. The van der Waals surface area contributed by atoms with Gasteiger partial charge < -0.3 is 5.32 Å². The topological polar surface area (TPSA) is 29.1 Å². The highest BCUT2D eigenvalue weighted by molar-refractivity contribution is 6.44. The summed E-state index contributed by atoms with van der Waals surface area (Å²) in [5.74, 6) is -0.365. The molecule has 20 heavy (non-hydrogen) atoms. The molecule has 0 saturated heterocycles. The van der Waals surface area contributed by atoms with Gasteiger partial charge >= 0.3 is 0 Å². The van der Waals surface area contributed by atoms with Crippen molar-refractivity contribution in [2.45, 2.75) is 6.92 Å². The molecule has 0 unspecified atom stereocenters. The molecule has 6 heteroatoms. The zero-order valence-corrected chi connectivity index (χ0v) is 13.3. The van der Waals surface area contributed by atoms with E-state index in [2.05, 4.69) is 5.32 Å². The molecule has 0 spiro atoms. The van der Waals surface area contributed by atoms with E-state index in [1.54, 1.807) is 18.2 Å². The number of hydrogen-bond acceptors (Lipinski definition) is 1. The highest BCUT2D eigenvalue weighted by Gasteiger charge is 2.13. The zero-order valence-electron chi connectivity index (χ0n) is 10.3. The molecular weight excluding hydrogens is 340 g/mol. The first kappa shape index (κ1) is 15.5. The van der Waals surface area contributed by atoms with Crippen LogP contribution in [-0.2, 0) is 0 Å². The summed E-state index contributed by atoms with van der Waals surface area (Å²) in [6.07, 6.45) is 0. The lowest BCUT2D eigenvalue weighted by atomic mass is 10.1. The van der Waals surface area contributed by atoms with Crippen molar-refractivity contribution in [2.24, 2.45) is 0 Å². The quantitative estimate of drug-likeness (QED) is 0.676. The van der Waals surface area contributed by atoms with E-state index < -0.39 is 0 Å². The van der Waals surface area contributed by atoms with Crippen LogP contribution in [0.25, 0.3) is 0 Å². The third-order valence-corrected chi connectivity index (χ3v) is 3.97. The van der Waals surface area contributed by atoms with Crippen LogP contribution in [-0.4, -0.2) is 5.91 Å². The number of rotatable bonds is 2. The van der Waals surface area contributed by atoms with Gasteiger partial charge in [-0.1, -0.05) is 52.5 Å². The van der Waals surface area contributed by atoms with Crippen LogP contribution in [0.5, 0.6) is 0 Å². The Kier molecular flexibility index (Phi) is 4.82. The van der Waals surface area contributed by atoms with Gasteiger partial charge in [-0.15, -0.1) is 0 Å². The van der Waals surface area contributed by atoms with Crippen LogP contribution in [0.15, 0.2) is 30.3 Å². The van der Waals surface area contributed by atoms with Crippen LogP contribution in [0.1, 0.15) is 15.9 Å². The van der Waals surface area contributed by atoms with E-state index in [4.69, 9.17) is 46.4 Å². The van der Waals surface area contributed by atoms with Gasteiger partial charge in [0, 0.05) is 0 Å². The summed E-state index contributed by atoms with van der Waals surface area (Å²) in [5.41, 5.74) is 1.71. The number of anilines is 1. The van der Waals surface area contributed by atoms with Crippen molar-refractivity contribution in [3.63, 3.8) is 0 Å². The fourth-order valence-corrected chi connectivity index (χ4v) is 2.53. The molecule has 0 radical (unpaired) electrons. The molecule has 2 nitrogen and oxygen atoms in total. The fraction of sp³-hybridized carbons (Fsp3) is 0.0714. The summed E-state index contributed by atoms with van der Waals surface area (Å²) in [6.45, 7) is 1.89. The average Bonchev–Trinajstić information content (AvgIpc) is 2.35. The largest absolute Gasteiger partial charge is 0.321 e. The van der Waals surface area contributed by atoms with Gasteiger partial charge in [-0.3, -0.25) is 4.79 Å². The van der Waals surface area contributed by atoms with Crippen molar-refractivity contribution in [2.75, 3.05) is 5.32 Å². The summed E-state index contributed by atoms with van der Waals surface area (Å²) in [7, 11) is 0. The number of hydrogen-bond donors (Lipinski definition) is 1.